The molecule has 6 heteroatoms. The molecule has 0 fully saturated rings. The summed E-state index contributed by atoms with van der Waals surface area (Å²) in [6.07, 6.45) is 0. The first-order valence-corrected chi connectivity index (χ1v) is 8.45. The minimum Gasteiger partial charge on any atom is -0.493 e. The van der Waals surface area contributed by atoms with Crippen LogP contribution in [0.15, 0.2) is 22.7 Å². The molecule has 0 saturated carbocycles. The summed E-state index contributed by atoms with van der Waals surface area (Å²) in [7, 11) is -3.15. The summed E-state index contributed by atoms with van der Waals surface area (Å²) in [5.74, 6) is 0.637. The van der Waals surface area contributed by atoms with Gasteiger partial charge in [-0.3, -0.25) is 0 Å². The summed E-state index contributed by atoms with van der Waals surface area (Å²) in [5, 5.41) is 0. The van der Waals surface area contributed by atoms with Gasteiger partial charge in [0.15, 0.2) is 9.84 Å². The molecule has 0 aliphatic rings. The fraction of sp³-hybridized carbons (Fsp3) is 0.538. The first kappa shape index (κ1) is 16.5. The molecule has 0 aliphatic carbocycles. The molecule has 0 atom stereocenters. The summed E-state index contributed by atoms with van der Waals surface area (Å²) in [6, 6.07) is 5.44. The van der Waals surface area contributed by atoms with Crippen LogP contribution in [0.2, 0.25) is 0 Å². The molecule has 0 unspecified atom stereocenters. The molecule has 19 heavy (non-hydrogen) atoms. The van der Waals surface area contributed by atoms with Crippen molar-refractivity contribution in [3.8, 4) is 5.75 Å². The Kier molecular flexibility index (Phi) is 5.41. The Hall–Kier alpha value is -0.590. The average Bonchev–Trinajstić information content (AvgIpc) is 2.29. The van der Waals surface area contributed by atoms with E-state index in [0.29, 0.717) is 12.3 Å². The van der Waals surface area contributed by atoms with E-state index in [4.69, 9.17) is 10.5 Å². The third kappa shape index (κ3) is 4.47. The van der Waals surface area contributed by atoms with Crippen LogP contribution < -0.4 is 10.5 Å². The molecular formula is C13H20BrNO3S. The minimum atomic E-state index is -3.15. The van der Waals surface area contributed by atoms with Gasteiger partial charge in [0, 0.05) is 11.0 Å². The SMILES string of the molecule is CC(C)(C)S(=O)(=O)CCOc1ccc(Br)c(CN)c1. The Morgan fingerprint density at radius 1 is 1.32 bits per heavy atom. The lowest BCUT2D eigenvalue weighted by molar-refractivity contribution is 0.339. The van der Waals surface area contributed by atoms with E-state index in [9.17, 15) is 8.42 Å². The van der Waals surface area contributed by atoms with Crippen molar-refractivity contribution in [2.45, 2.75) is 32.1 Å². The monoisotopic (exact) mass is 349 g/mol. The van der Waals surface area contributed by atoms with E-state index in [2.05, 4.69) is 15.9 Å². The topological polar surface area (TPSA) is 69.4 Å². The Balaban J connectivity index is 2.64. The second-order valence-electron chi connectivity index (χ2n) is 5.24. The molecule has 0 aromatic heterocycles. The summed E-state index contributed by atoms with van der Waals surface area (Å²) >= 11 is 3.39. The van der Waals surface area contributed by atoms with Gasteiger partial charge in [-0.1, -0.05) is 15.9 Å². The van der Waals surface area contributed by atoms with Crippen molar-refractivity contribution in [1.29, 1.82) is 0 Å². The highest BCUT2D eigenvalue weighted by molar-refractivity contribution is 9.10. The van der Waals surface area contributed by atoms with Crippen molar-refractivity contribution < 1.29 is 13.2 Å². The first-order chi connectivity index (χ1) is 8.67. The van der Waals surface area contributed by atoms with Crippen LogP contribution in [0.4, 0.5) is 0 Å². The normalized spacial score (nSPS) is 12.5. The van der Waals surface area contributed by atoms with Crippen LogP contribution in [-0.4, -0.2) is 25.5 Å². The molecule has 0 aliphatic heterocycles. The van der Waals surface area contributed by atoms with Crippen molar-refractivity contribution in [2.75, 3.05) is 12.4 Å². The van der Waals surface area contributed by atoms with E-state index >= 15 is 0 Å². The van der Waals surface area contributed by atoms with Crippen LogP contribution in [0, 0.1) is 0 Å². The van der Waals surface area contributed by atoms with Crippen LogP contribution in [-0.2, 0) is 16.4 Å². The van der Waals surface area contributed by atoms with Gasteiger partial charge in [-0.05, 0) is 44.5 Å². The van der Waals surface area contributed by atoms with E-state index < -0.39 is 14.6 Å². The molecular weight excluding hydrogens is 330 g/mol. The van der Waals surface area contributed by atoms with Gasteiger partial charge in [0.1, 0.15) is 12.4 Å². The lowest BCUT2D eigenvalue weighted by Crippen LogP contribution is -2.32. The molecule has 0 radical (unpaired) electrons. The van der Waals surface area contributed by atoms with Crippen molar-refractivity contribution in [3.05, 3.63) is 28.2 Å². The van der Waals surface area contributed by atoms with Crippen LogP contribution in [0.1, 0.15) is 26.3 Å². The molecule has 4 nitrogen and oxygen atoms in total. The van der Waals surface area contributed by atoms with Gasteiger partial charge in [-0.15, -0.1) is 0 Å². The highest BCUT2D eigenvalue weighted by Gasteiger charge is 2.28. The number of nitrogens with two attached hydrogens (primary N) is 1. The van der Waals surface area contributed by atoms with E-state index in [0.717, 1.165) is 10.0 Å². The summed E-state index contributed by atoms with van der Waals surface area (Å²) in [4.78, 5) is 0. The van der Waals surface area contributed by atoms with Gasteiger partial charge in [0.05, 0.1) is 10.5 Å². The van der Waals surface area contributed by atoms with Gasteiger partial charge in [0.25, 0.3) is 0 Å². The molecule has 0 amide bonds. The van der Waals surface area contributed by atoms with Crippen LogP contribution in [0.3, 0.4) is 0 Å². The number of ether oxygens (including phenoxy) is 1. The van der Waals surface area contributed by atoms with Crippen molar-refractivity contribution >= 4 is 25.8 Å². The third-order valence-corrected chi connectivity index (χ3v) is 6.13. The lowest BCUT2D eigenvalue weighted by Gasteiger charge is -2.19. The molecule has 0 heterocycles. The second-order valence-corrected chi connectivity index (χ2v) is 8.95. The molecule has 108 valence electrons. The van der Waals surface area contributed by atoms with Gasteiger partial charge in [0.2, 0.25) is 0 Å². The number of sulfone groups is 1. The van der Waals surface area contributed by atoms with Crippen molar-refractivity contribution in [3.63, 3.8) is 0 Å². The number of hydrogen-bond donors (Lipinski definition) is 1. The maximum atomic E-state index is 11.9. The molecule has 1 aromatic carbocycles. The summed E-state index contributed by atoms with van der Waals surface area (Å²) < 4.78 is 29.5. The molecule has 0 saturated heterocycles. The Labute approximate surface area is 123 Å². The Bertz CT molecular complexity index is 535. The average molecular weight is 350 g/mol. The van der Waals surface area contributed by atoms with E-state index in [1.165, 1.54) is 0 Å². The fourth-order valence-corrected chi connectivity index (χ4v) is 2.70. The number of hydrogen-bond acceptors (Lipinski definition) is 4. The predicted octanol–water partition coefficient (Wildman–Crippen LogP) is 2.50. The van der Waals surface area contributed by atoms with Crippen LogP contribution in [0.5, 0.6) is 5.75 Å². The zero-order valence-corrected chi connectivity index (χ0v) is 13.8. The van der Waals surface area contributed by atoms with Gasteiger partial charge in [-0.2, -0.15) is 0 Å². The molecule has 0 spiro atoms. The highest BCUT2D eigenvalue weighted by Crippen LogP contribution is 2.22. The van der Waals surface area contributed by atoms with Crippen LogP contribution in [0.25, 0.3) is 0 Å². The number of halogens is 1. The zero-order valence-electron chi connectivity index (χ0n) is 11.4. The predicted molar refractivity (Wildman–Crippen MR) is 81.1 cm³/mol. The second kappa shape index (κ2) is 6.24. The number of rotatable bonds is 5. The largest absolute Gasteiger partial charge is 0.493 e. The van der Waals surface area contributed by atoms with Crippen LogP contribution >= 0.6 is 15.9 Å². The molecule has 1 aromatic rings. The van der Waals surface area contributed by atoms with E-state index in [1.54, 1.807) is 26.8 Å². The van der Waals surface area contributed by atoms with Gasteiger partial charge in [-0.25, -0.2) is 8.42 Å². The van der Waals surface area contributed by atoms with Crippen molar-refractivity contribution in [2.24, 2.45) is 5.73 Å². The third-order valence-electron chi connectivity index (χ3n) is 2.79. The quantitative estimate of drug-likeness (QED) is 0.886. The molecule has 0 bridgehead atoms. The minimum absolute atomic E-state index is 0.00449. The zero-order chi connectivity index (χ0) is 14.7. The van der Waals surface area contributed by atoms with E-state index in [-0.39, 0.29) is 12.4 Å². The van der Waals surface area contributed by atoms with Crippen molar-refractivity contribution in [1.82, 2.24) is 0 Å². The van der Waals surface area contributed by atoms with Gasteiger partial charge < -0.3 is 10.5 Å². The summed E-state index contributed by atoms with van der Waals surface area (Å²) in [5.41, 5.74) is 6.52. The fourth-order valence-electron chi connectivity index (χ4n) is 1.37. The smallest absolute Gasteiger partial charge is 0.158 e. The van der Waals surface area contributed by atoms with Gasteiger partial charge >= 0.3 is 0 Å². The Morgan fingerprint density at radius 2 is 1.95 bits per heavy atom. The maximum absolute atomic E-state index is 11.9. The molecule has 1 rings (SSSR count). The summed E-state index contributed by atoms with van der Waals surface area (Å²) in [6.45, 7) is 5.61. The van der Waals surface area contributed by atoms with E-state index in [1.807, 2.05) is 12.1 Å². The lowest BCUT2D eigenvalue weighted by atomic mass is 10.2. The number of benzene rings is 1. The Morgan fingerprint density at radius 3 is 2.47 bits per heavy atom. The first-order valence-electron chi connectivity index (χ1n) is 6.01. The maximum Gasteiger partial charge on any atom is 0.158 e. The highest BCUT2D eigenvalue weighted by atomic mass is 79.9. The standard InChI is InChI=1S/C13H20BrNO3S/c1-13(2,3)19(16,17)7-6-18-11-4-5-12(14)10(8-11)9-15/h4-5,8H,6-7,9,15H2,1-3H3. The molecule has 2 N–H and O–H groups in total.